The molecule has 4 nitrogen and oxygen atoms in total. The van der Waals surface area contributed by atoms with Crippen molar-refractivity contribution in [3.63, 3.8) is 0 Å². The summed E-state index contributed by atoms with van der Waals surface area (Å²) in [7, 11) is 1.80. The Labute approximate surface area is 122 Å². The summed E-state index contributed by atoms with van der Waals surface area (Å²) in [5.74, 6) is 0.410. The molecule has 0 saturated carbocycles. The summed E-state index contributed by atoms with van der Waals surface area (Å²) < 4.78 is 1.68. The first kappa shape index (κ1) is 14.0. The van der Waals surface area contributed by atoms with Crippen molar-refractivity contribution in [2.75, 3.05) is 12.3 Å². The summed E-state index contributed by atoms with van der Waals surface area (Å²) in [4.78, 5) is 11.8. The maximum Gasteiger partial charge on any atom is 0.271 e. The molecule has 0 unspecified atom stereocenters. The molecule has 0 atom stereocenters. The van der Waals surface area contributed by atoms with Crippen molar-refractivity contribution in [3.8, 4) is 11.3 Å². The van der Waals surface area contributed by atoms with Crippen molar-refractivity contribution < 1.29 is 4.79 Å². The molecule has 0 spiro atoms. The number of nitrogens with one attached hydrogen (secondary N) is 1. The fourth-order valence-corrected chi connectivity index (χ4v) is 1.97. The van der Waals surface area contributed by atoms with Crippen molar-refractivity contribution in [2.24, 2.45) is 7.05 Å². The number of carbonyl (C=O) groups excluding carboxylic acids is 1. The molecule has 2 aromatic rings. The number of rotatable bonds is 4. The van der Waals surface area contributed by atoms with Gasteiger partial charge in [-0.15, -0.1) is 0 Å². The molecule has 0 aliphatic carbocycles. The lowest BCUT2D eigenvalue weighted by Gasteiger charge is -2.00. The second-order valence-electron chi connectivity index (χ2n) is 4.02. The third-order valence-corrected chi connectivity index (χ3v) is 3.13. The van der Waals surface area contributed by atoms with Gasteiger partial charge in [-0.05, 0) is 23.8 Å². The Morgan fingerprint density at radius 1 is 1.42 bits per heavy atom. The number of aromatic nitrogens is 2. The first-order chi connectivity index (χ1) is 9.11. The van der Waals surface area contributed by atoms with Gasteiger partial charge in [-0.25, -0.2) is 0 Å². The molecule has 6 heteroatoms. The molecule has 1 N–H and O–H groups in total. The van der Waals surface area contributed by atoms with Crippen LogP contribution < -0.4 is 5.32 Å². The Hall–Kier alpha value is -1.46. The van der Waals surface area contributed by atoms with Gasteiger partial charge in [0.1, 0.15) is 0 Å². The normalized spacial score (nSPS) is 10.5. The molecule has 100 valence electrons. The van der Waals surface area contributed by atoms with E-state index in [0.29, 0.717) is 23.0 Å². The number of thiol groups is 1. The smallest absolute Gasteiger partial charge is 0.271 e. The van der Waals surface area contributed by atoms with E-state index in [1.807, 2.05) is 24.3 Å². The number of nitrogens with zero attached hydrogens (tertiary/aromatic N) is 2. The first-order valence-corrected chi connectivity index (χ1v) is 6.82. The van der Waals surface area contributed by atoms with E-state index in [1.165, 1.54) is 0 Å². The van der Waals surface area contributed by atoms with Crippen LogP contribution in [-0.2, 0) is 7.05 Å². The fourth-order valence-electron chi connectivity index (χ4n) is 1.73. The summed E-state index contributed by atoms with van der Waals surface area (Å²) in [6.07, 6.45) is 0. The van der Waals surface area contributed by atoms with Crippen molar-refractivity contribution in [1.29, 1.82) is 0 Å². The quantitative estimate of drug-likeness (QED) is 0.851. The monoisotopic (exact) mass is 295 g/mol. The lowest BCUT2D eigenvalue weighted by atomic mass is 10.1. The van der Waals surface area contributed by atoms with E-state index in [9.17, 15) is 4.79 Å². The molecule has 1 aromatic heterocycles. The van der Waals surface area contributed by atoms with Crippen LogP contribution in [0.15, 0.2) is 30.3 Å². The summed E-state index contributed by atoms with van der Waals surface area (Å²) in [5, 5.41) is 7.62. The van der Waals surface area contributed by atoms with Gasteiger partial charge in [0.2, 0.25) is 0 Å². The van der Waals surface area contributed by atoms with Crippen LogP contribution in [0.2, 0.25) is 5.02 Å². The summed E-state index contributed by atoms with van der Waals surface area (Å²) in [5.41, 5.74) is 2.23. The third kappa shape index (κ3) is 3.30. The number of amides is 1. The Morgan fingerprint density at radius 3 is 2.74 bits per heavy atom. The average Bonchev–Trinajstić information content (AvgIpc) is 2.79. The van der Waals surface area contributed by atoms with E-state index in [1.54, 1.807) is 17.8 Å². The second-order valence-corrected chi connectivity index (χ2v) is 4.91. The van der Waals surface area contributed by atoms with E-state index < -0.39 is 0 Å². The molecule has 1 aromatic carbocycles. The van der Waals surface area contributed by atoms with Crippen molar-refractivity contribution in [2.45, 2.75) is 0 Å². The number of halogens is 1. The van der Waals surface area contributed by atoms with E-state index in [2.05, 4.69) is 23.0 Å². The van der Waals surface area contributed by atoms with Crippen LogP contribution in [-0.4, -0.2) is 28.0 Å². The molecule has 19 heavy (non-hydrogen) atoms. The molecule has 1 amide bonds. The maximum atomic E-state index is 11.8. The first-order valence-electron chi connectivity index (χ1n) is 5.81. The molecular weight excluding hydrogens is 282 g/mol. The maximum absolute atomic E-state index is 11.8. The molecule has 0 fully saturated rings. The number of benzene rings is 1. The highest BCUT2D eigenvalue weighted by molar-refractivity contribution is 7.80. The van der Waals surface area contributed by atoms with Gasteiger partial charge in [0.05, 0.1) is 5.69 Å². The lowest BCUT2D eigenvalue weighted by Crippen LogP contribution is -2.25. The number of carbonyl (C=O) groups is 1. The average molecular weight is 296 g/mol. The van der Waals surface area contributed by atoms with Gasteiger partial charge in [0.25, 0.3) is 5.91 Å². The van der Waals surface area contributed by atoms with Gasteiger partial charge in [-0.3, -0.25) is 9.48 Å². The van der Waals surface area contributed by atoms with Crippen molar-refractivity contribution in [3.05, 3.63) is 41.0 Å². The van der Waals surface area contributed by atoms with Crippen LogP contribution >= 0.6 is 24.2 Å². The van der Waals surface area contributed by atoms with E-state index in [4.69, 9.17) is 11.6 Å². The third-order valence-electron chi connectivity index (χ3n) is 2.65. The molecular formula is C13H14ClN3OS. The van der Waals surface area contributed by atoms with Crippen LogP contribution in [0.3, 0.4) is 0 Å². The van der Waals surface area contributed by atoms with Gasteiger partial charge in [-0.2, -0.15) is 17.7 Å². The topological polar surface area (TPSA) is 46.9 Å². The van der Waals surface area contributed by atoms with Gasteiger partial charge in [-0.1, -0.05) is 23.7 Å². The molecule has 0 bridgehead atoms. The molecule has 0 aliphatic heterocycles. The van der Waals surface area contributed by atoms with Crippen LogP contribution in [0.25, 0.3) is 11.3 Å². The Kier molecular flexibility index (Phi) is 4.50. The van der Waals surface area contributed by atoms with Gasteiger partial charge < -0.3 is 5.32 Å². The molecule has 2 rings (SSSR count). The van der Waals surface area contributed by atoms with Crippen LogP contribution in [0.5, 0.6) is 0 Å². The SMILES string of the molecule is Cn1nc(C(=O)NCCS)cc1-c1ccc(Cl)cc1. The zero-order valence-electron chi connectivity index (χ0n) is 10.4. The Bertz CT molecular complexity index is 580. The molecule has 1 heterocycles. The second kappa shape index (κ2) is 6.12. The number of hydrogen-bond donors (Lipinski definition) is 2. The van der Waals surface area contributed by atoms with Gasteiger partial charge in [0, 0.05) is 24.4 Å². The highest BCUT2D eigenvalue weighted by Crippen LogP contribution is 2.21. The summed E-state index contributed by atoms with van der Waals surface area (Å²) in [6, 6.07) is 9.18. The highest BCUT2D eigenvalue weighted by atomic mass is 35.5. The van der Waals surface area contributed by atoms with Gasteiger partial charge in [0.15, 0.2) is 5.69 Å². The molecule has 0 saturated heterocycles. The Balaban J connectivity index is 2.26. The predicted molar refractivity (Wildman–Crippen MR) is 79.8 cm³/mol. The van der Waals surface area contributed by atoms with Crippen LogP contribution in [0, 0.1) is 0 Å². The number of aryl methyl sites for hydroxylation is 1. The standard InChI is InChI=1S/C13H14ClN3OS/c1-17-12(9-2-4-10(14)5-3-9)8-11(16-17)13(18)15-6-7-19/h2-5,8,19H,6-7H2,1H3,(H,15,18). The highest BCUT2D eigenvalue weighted by Gasteiger charge is 2.13. The largest absolute Gasteiger partial charge is 0.350 e. The van der Waals surface area contributed by atoms with Crippen LogP contribution in [0.1, 0.15) is 10.5 Å². The predicted octanol–water partition coefficient (Wildman–Crippen LogP) is 2.40. The zero-order chi connectivity index (χ0) is 13.8. The Morgan fingerprint density at radius 2 is 2.11 bits per heavy atom. The fraction of sp³-hybridized carbons (Fsp3) is 0.231. The minimum absolute atomic E-state index is 0.190. The van der Waals surface area contributed by atoms with Crippen molar-refractivity contribution in [1.82, 2.24) is 15.1 Å². The van der Waals surface area contributed by atoms with E-state index >= 15 is 0 Å². The molecule has 0 radical (unpaired) electrons. The lowest BCUT2D eigenvalue weighted by molar-refractivity contribution is 0.0950. The van der Waals surface area contributed by atoms with Crippen molar-refractivity contribution >= 4 is 30.1 Å². The van der Waals surface area contributed by atoms with E-state index in [-0.39, 0.29) is 5.91 Å². The number of hydrogen-bond acceptors (Lipinski definition) is 3. The zero-order valence-corrected chi connectivity index (χ0v) is 12.1. The minimum atomic E-state index is -0.190. The molecule has 0 aliphatic rings. The minimum Gasteiger partial charge on any atom is -0.350 e. The summed E-state index contributed by atoms with van der Waals surface area (Å²) >= 11 is 9.91. The van der Waals surface area contributed by atoms with Crippen LogP contribution in [0.4, 0.5) is 0 Å². The van der Waals surface area contributed by atoms with E-state index in [0.717, 1.165) is 11.3 Å². The van der Waals surface area contributed by atoms with Gasteiger partial charge >= 0.3 is 0 Å². The summed E-state index contributed by atoms with van der Waals surface area (Å²) in [6.45, 7) is 0.523.